The maximum Gasteiger partial charge on any atom is 0.144 e. The molecular weight excluding hydrogens is 166 g/mol. The van der Waals surface area contributed by atoms with Crippen molar-refractivity contribution in [3.8, 4) is 0 Å². The van der Waals surface area contributed by atoms with Gasteiger partial charge in [-0.25, -0.2) is 4.98 Å². The molecule has 0 radical (unpaired) electrons. The van der Waals surface area contributed by atoms with E-state index in [9.17, 15) is 0 Å². The van der Waals surface area contributed by atoms with Crippen molar-refractivity contribution in [1.82, 2.24) is 9.97 Å². The van der Waals surface area contributed by atoms with E-state index in [4.69, 9.17) is 5.11 Å². The summed E-state index contributed by atoms with van der Waals surface area (Å²) in [5.74, 6) is 0.775. The summed E-state index contributed by atoms with van der Waals surface area (Å²) in [4.78, 5) is 8.46. The van der Waals surface area contributed by atoms with E-state index < -0.39 is 0 Å². The summed E-state index contributed by atoms with van der Waals surface area (Å²) in [6.45, 7) is 4.79. The monoisotopic (exact) mass is 181 g/mol. The molecule has 0 bridgehead atoms. The minimum absolute atomic E-state index is 0.200. The third-order valence-corrected chi connectivity index (χ3v) is 1.83. The first kappa shape index (κ1) is 9.92. The van der Waals surface area contributed by atoms with Gasteiger partial charge in [-0.2, -0.15) is 0 Å². The highest BCUT2D eigenvalue weighted by molar-refractivity contribution is 5.32. The molecule has 0 saturated carbocycles. The first-order valence-electron chi connectivity index (χ1n) is 4.39. The second-order valence-electron chi connectivity index (χ2n) is 2.93. The van der Waals surface area contributed by atoms with Crippen LogP contribution in [0, 0.1) is 13.8 Å². The molecule has 4 nitrogen and oxygen atoms in total. The van der Waals surface area contributed by atoms with Crippen LogP contribution in [0.15, 0.2) is 6.20 Å². The summed E-state index contributed by atoms with van der Waals surface area (Å²) in [6.07, 6.45) is 2.44. The normalized spacial score (nSPS) is 10.1. The van der Waals surface area contributed by atoms with Crippen LogP contribution in [-0.2, 0) is 0 Å². The number of hydrogen-bond donors (Lipinski definition) is 2. The standard InChI is InChI=1S/C9H15N3O/c1-7-8(2)12-9(6-11-7)10-4-3-5-13/h6,13H,3-5H2,1-2H3,(H,10,12). The number of nitrogens with one attached hydrogen (secondary N) is 1. The largest absolute Gasteiger partial charge is 0.396 e. The molecule has 0 aromatic carbocycles. The lowest BCUT2D eigenvalue weighted by molar-refractivity contribution is 0.292. The number of anilines is 1. The quantitative estimate of drug-likeness (QED) is 0.677. The molecule has 4 heteroatoms. The topological polar surface area (TPSA) is 58.0 Å². The van der Waals surface area contributed by atoms with Crippen molar-refractivity contribution >= 4 is 5.82 Å². The zero-order valence-electron chi connectivity index (χ0n) is 8.04. The highest BCUT2D eigenvalue weighted by Gasteiger charge is 1.97. The fraction of sp³-hybridized carbons (Fsp3) is 0.556. The van der Waals surface area contributed by atoms with Crippen molar-refractivity contribution < 1.29 is 5.11 Å². The molecule has 0 spiro atoms. The lowest BCUT2D eigenvalue weighted by atomic mass is 10.3. The van der Waals surface area contributed by atoms with Crippen molar-refractivity contribution in [2.24, 2.45) is 0 Å². The number of hydrogen-bond acceptors (Lipinski definition) is 4. The Hall–Kier alpha value is -1.16. The predicted octanol–water partition coefficient (Wildman–Crippen LogP) is 0.888. The highest BCUT2D eigenvalue weighted by atomic mass is 16.3. The Bertz CT molecular complexity index is 276. The number of nitrogens with zero attached hydrogens (tertiary/aromatic N) is 2. The third-order valence-electron chi connectivity index (χ3n) is 1.83. The summed E-state index contributed by atoms with van der Waals surface area (Å²) < 4.78 is 0. The molecule has 0 saturated heterocycles. The minimum atomic E-state index is 0.200. The summed E-state index contributed by atoms with van der Waals surface area (Å²) in [5, 5.41) is 11.6. The van der Waals surface area contributed by atoms with Crippen LogP contribution < -0.4 is 5.32 Å². The van der Waals surface area contributed by atoms with Gasteiger partial charge in [-0.05, 0) is 20.3 Å². The SMILES string of the molecule is Cc1ncc(NCCCO)nc1C. The third kappa shape index (κ3) is 2.99. The summed E-state index contributed by atoms with van der Waals surface area (Å²) in [7, 11) is 0. The molecule has 0 aliphatic carbocycles. The fourth-order valence-electron chi connectivity index (χ4n) is 0.923. The molecule has 1 aromatic heterocycles. The van der Waals surface area contributed by atoms with Crippen LogP contribution in [0.4, 0.5) is 5.82 Å². The maximum atomic E-state index is 8.57. The van der Waals surface area contributed by atoms with Crippen LogP contribution in [0.5, 0.6) is 0 Å². The van der Waals surface area contributed by atoms with E-state index in [0.29, 0.717) is 0 Å². The van der Waals surface area contributed by atoms with Gasteiger partial charge in [0.25, 0.3) is 0 Å². The second kappa shape index (κ2) is 4.77. The lowest BCUT2D eigenvalue weighted by Crippen LogP contribution is -2.06. The van der Waals surface area contributed by atoms with E-state index in [2.05, 4.69) is 15.3 Å². The van der Waals surface area contributed by atoms with Crippen LogP contribution in [0.1, 0.15) is 17.8 Å². The summed E-state index contributed by atoms with van der Waals surface area (Å²) in [5.41, 5.74) is 1.89. The molecule has 1 heterocycles. The van der Waals surface area contributed by atoms with Gasteiger partial charge >= 0.3 is 0 Å². The zero-order valence-corrected chi connectivity index (χ0v) is 8.04. The molecule has 0 aliphatic rings. The van der Waals surface area contributed by atoms with E-state index in [1.807, 2.05) is 13.8 Å². The Balaban J connectivity index is 2.53. The van der Waals surface area contributed by atoms with Gasteiger partial charge in [-0.15, -0.1) is 0 Å². The predicted molar refractivity (Wildman–Crippen MR) is 51.7 cm³/mol. The molecule has 0 atom stereocenters. The van der Waals surface area contributed by atoms with E-state index in [0.717, 1.165) is 30.2 Å². The molecule has 72 valence electrons. The summed E-state index contributed by atoms with van der Waals surface area (Å²) >= 11 is 0. The first-order valence-corrected chi connectivity index (χ1v) is 4.39. The van der Waals surface area contributed by atoms with Crippen molar-refractivity contribution in [3.05, 3.63) is 17.6 Å². The Kier molecular flexibility index (Phi) is 3.64. The molecular formula is C9H15N3O. The molecule has 0 fully saturated rings. The van der Waals surface area contributed by atoms with Crippen molar-refractivity contribution in [2.75, 3.05) is 18.5 Å². The van der Waals surface area contributed by atoms with Gasteiger partial charge in [0, 0.05) is 13.2 Å². The lowest BCUT2D eigenvalue weighted by Gasteiger charge is -2.05. The van der Waals surface area contributed by atoms with Crippen molar-refractivity contribution in [3.63, 3.8) is 0 Å². The summed E-state index contributed by atoms with van der Waals surface area (Å²) in [6, 6.07) is 0. The zero-order chi connectivity index (χ0) is 9.68. The van der Waals surface area contributed by atoms with Crippen LogP contribution in [0.25, 0.3) is 0 Å². The number of rotatable bonds is 4. The molecule has 0 amide bonds. The number of aromatic nitrogens is 2. The van der Waals surface area contributed by atoms with Crippen LogP contribution in [-0.4, -0.2) is 28.2 Å². The Morgan fingerprint density at radius 2 is 2.15 bits per heavy atom. The number of aliphatic hydroxyl groups excluding tert-OH is 1. The van der Waals surface area contributed by atoms with Gasteiger partial charge < -0.3 is 10.4 Å². The molecule has 0 unspecified atom stereocenters. The highest BCUT2D eigenvalue weighted by Crippen LogP contribution is 2.04. The molecule has 13 heavy (non-hydrogen) atoms. The Morgan fingerprint density at radius 3 is 2.77 bits per heavy atom. The average molecular weight is 181 g/mol. The van der Waals surface area contributed by atoms with Crippen LogP contribution in [0.2, 0.25) is 0 Å². The van der Waals surface area contributed by atoms with E-state index in [1.165, 1.54) is 0 Å². The first-order chi connectivity index (χ1) is 6.24. The smallest absolute Gasteiger partial charge is 0.144 e. The fourth-order valence-corrected chi connectivity index (χ4v) is 0.923. The molecule has 1 aromatic rings. The average Bonchev–Trinajstić information content (AvgIpc) is 2.12. The van der Waals surface area contributed by atoms with Gasteiger partial charge in [0.1, 0.15) is 5.82 Å². The van der Waals surface area contributed by atoms with Crippen molar-refractivity contribution in [1.29, 1.82) is 0 Å². The van der Waals surface area contributed by atoms with E-state index in [-0.39, 0.29) is 6.61 Å². The van der Waals surface area contributed by atoms with Gasteiger partial charge in [-0.1, -0.05) is 0 Å². The van der Waals surface area contributed by atoms with E-state index in [1.54, 1.807) is 6.20 Å². The van der Waals surface area contributed by atoms with Crippen molar-refractivity contribution in [2.45, 2.75) is 20.3 Å². The maximum absolute atomic E-state index is 8.57. The molecule has 1 rings (SSSR count). The number of aryl methyl sites for hydroxylation is 2. The van der Waals surface area contributed by atoms with Gasteiger partial charge in [-0.3, -0.25) is 4.98 Å². The van der Waals surface area contributed by atoms with Gasteiger partial charge in [0.15, 0.2) is 0 Å². The van der Waals surface area contributed by atoms with Crippen LogP contribution >= 0.6 is 0 Å². The van der Waals surface area contributed by atoms with Gasteiger partial charge in [0.05, 0.1) is 17.6 Å². The molecule has 0 aliphatic heterocycles. The second-order valence-corrected chi connectivity index (χ2v) is 2.93. The minimum Gasteiger partial charge on any atom is -0.396 e. The van der Waals surface area contributed by atoms with E-state index >= 15 is 0 Å². The molecule has 2 N–H and O–H groups in total. The van der Waals surface area contributed by atoms with Gasteiger partial charge in [0.2, 0.25) is 0 Å². The number of aliphatic hydroxyl groups is 1. The van der Waals surface area contributed by atoms with Crippen LogP contribution in [0.3, 0.4) is 0 Å². The Morgan fingerprint density at radius 1 is 1.38 bits per heavy atom. The Labute approximate surface area is 78.0 Å².